The van der Waals surface area contributed by atoms with E-state index in [0.29, 0.717) is 16.9 Å². The molecule has 0 aromatic carbocycles. The van der Waals surface area contributed by atoms with Gasteiger partial charge in [0.05, 0.1) is 28.8 Å². The van der Waals surface area contributed by atoms with Crippen LogP contribution in [0.3, 0.4) is 0 Å². The van der Waals surface area contributed by atoms with E-state index in [1.165, 1.54) is 17.5 Å². The van der Waals surface area contributed by atoms with Gasteiger partial charge in [0.2, 0.25) is 0 Å². The van der Waals surface area contributed by atoms with E-state index in [0.717, 1.165) is 15.6 Å². The molecule has 2 rings (SSSR count). The fourth-order valence-corrected chi connectivity index (χ4v) is 2.41. The van der Waals surface area contributed by atoms with Crippen molar-refractivity contribution in [2.45, 2.75) is 27.4 Å². The summed E-state index contributed by atoms with van der Waals surface area (Å²) in [7, 11) is 0. The molecule has 19 heavy (non-hydrogen) atoms. The first-order valence-corrected chi connectivity index (χ1v) is 6.61. The first-order chi connectivity index (χ1) is 8.97. The van der Waals surface area contributed by atoms with Crippen molar-refractivity contribution < 1.29 is 9.53 Å². The van der Waals surface area contributed by atoms with E-state index < -0.39 is 5.97 Å². The van der Waals surface area contributed by atoms with E-state index in [4.69, 9.17) is 10.5 Å². The molecule has 2 N–H and O–H groups in total. The number of pyridine rings is 1. The quantitative estimate of drug-likeness (QED) is 0.872. The zero-order valence-electron chi connectivity index (χ0n) is 11.1. The summed E-state index contributed by atoms with van der Waals surface area (Å²) in [5.41, 5.74) is 8.02. The van der Waals surface area contributed by atoms with E-state index in [1.807, 2.05) is 13.8 Å². The smallest absolute Gasteiger partial charge is 0.340 e. The molecule has 0 aliphatic carbocycles. The normalized spacial score (nSPS) is 10.5. The van der Waals surface area contributed by atoms with Gasteiger partial charge in [-0.25, -0.2) is 9.78 Å². The highest BCUT2D eigenvalue weighted by molar-refractivity contribution is 7.11. The van der Waals surface area contributed by atoms with Crippen LogP contribution in [0.4, 0.5) is 5.69 Å². The number of carbonyl (C=O) groups excluding carboxylic acids is 1. The number of nitrogens with two attached hydrogens (primary N) is 1. The number of aromatic nitrogens is 2. The van der Waals surface area contributed by atoms with Crippen LogP contribution in [0.2, 0.25) is 0 Å². The summed E-state index contributed by atoms with van der Waals surface area (Å²) < 4.78 is 5.23. The summed E-state index contributed by atoms with van der Waals surface area (Å²) >= 11 is 1.53. The highest BCUT2D eigenvalue weighted by Crippen LogP contribution is 2.18. The Hall–Kier alpha value is -1.95. The molecule has 0 spiro atoms. The second-order valence-corrected chi connectivity index (χ2v) is 5.51. The summed E-state index contributed by atoms with van der Waals surface area (Å²) in [4.78, 5) is 21.4. The molecule has 100 valence electrons. The van der Waals surface area contributed by atoms with Gasteiger partial charge in [0.15, 0.2) is 0 Å². The predicted octanol–water partition coefficient (Wildman–Crippen LogP) is 2.40. The van der Waals surface area contributed by atoms with Crippen molar-refractivity contribution in [2.24, 2.45) is 0 Å². The third-order valence-electron chi connectivity index (χ3n) is 2.73. The van der Waals surface area contributed by atoms with Gasteiger partial charge in [-0.2, -0.15) is 0 Å². The largest absolute Gasteiger partial charge is 0.455 e. The number of hydrogen-bond donors (Lipinski definition) is 1. The van der Waals surface area contributed by atoms with Crippen molar-refractivity contribution in [2.75, 3.05) is 5.73 Å². The van der Waals surface area contributed by atoms with Gasteiger partial charge in [-0.1, -0.05) is 0 Å². The Morgan fingerprint density at radius 1 is 1.37 bits per heavy atom. The fourth-order valence-electron chi connectivity index (χ4n) is 1.56. The van der Waals surface area contributed by atoms with Crippen molar-refractivity contribution in [1.29, 1.82) is 0 Å². The van der Waals surface area contributed by atoms with Crippen LogP contribution in [0.25, 0.3) is 0 Å². The lowest BCUT2D eigenvalue weighted by Gasteiger charge is -2.05. The molecule has 0 aliphatic rings. The van der Waals surface area contributed by atoms with Crippen LogP contribution in [-0.2, 0) is 11.3 Å². The van der Waals surface area contributed by atoms with Gasteiger partial charge in [-0.15, -0.1) is 11.3 Å². The first kappa shape index (κ1) is 13.5. The lowest BCUT2D eigenvalue weighted by molar-refractivity contribution is 0.0471. The van der Waals surface area contributed by atoms with Crippen LogP contribution >= 0.6 is 11.3 Å². The minimum Gasteiger partial charge on any atom is -0.455 e. The molecule has 2 heterocycles. The van der Waals surface area contributed by atoms with Crippen LogP contribution < -0.4 is 5.73 Å². The number of carbonyl (C=O) groups is 1. The number of esters is 1. The third kappa shape index (κ3) is 3.08. The summed E-state index contributed by atoms with van der Waals surface area (Å²) in [5.74, 6) is -0.428. The molecule has 0 unspecified atom stereocenters. The van der Waals surface area contributed by atoms with E-state index >= 15 is 0 Å². The van der Waals surface area contributed by atoms with Gasteiger partial charge < -0.3 is 10.5 Å². The van der Waals surface area contributed by atoms with Gasteiger partial charge >= 0.3 is 5.97 Å². The van der Waals surface area contributed by atoms with Crippen molar-refractivity contribution in [3.8, 4) is 0 Å². The SMILES string of the molecule is Cc1ncc(N)cc1C(=O)OCc1nc(C)c(C)s1. The Morgan fingerprint density at radius 2 is 2.11 bits per heavy atom. The molecule has 6 heteroatoms. The number of ether oxygens (including phenoxy) is 1. The van der Waals surface area contributed by atoms with E-state index in [2.05, 4.69) is 9.97 Å². The van der Waals surface area contributed by atoms with Crippen molar-refractivity contribution in [3.63, 3.8) is 0 Å². The monoisotopic (exact) mass is 277 g/mol. The third-order valence-corrected chi connectivity index (χ3v) is 3.77. The number of anilines is 1. The molecule has 0 saturated heterocycles. The molecule has 0 fully saturated rings. The lowest BCUT2D eigenvalue weighted by Crippen LogP contribution is -2.09. The Bertz CT molecular complexity index is 603. The molecule has 0 saturated carbocycles. The highest BCUT2D eigenvalue weighted by Gasteiger charge is 2.13. The van der Waals surface area contributed by atoms with Gasteiger partial charge in [-0.05, 0) is 26.8 Å². The minimum absolute atomic E-state index is 0.173. The van der Waals surface area contributed by atoms with Crippen molar-refractivity contribution in [1.82, 2.24) is 9.97 Å². The molecule has 0 amide bonds. The molecule has 0 radical (unpaired) electrons. The second kappa shape index (κ2) is 5.36. The van der Waals surface area contributed by atoms with Crippen molar-refractivity contribution >= 4 is 23.0 Å². The highest BCUT2D eigenvalue weighted by atomic mass is 32.1. The van der Waals surface area contributed by atoms with Gasteiger partial charge in [0, 0.05) is 4.88 Å². The number of aryl methyl sites for hydroxylation is 3. The number of nitrogen functional groups attached to an aromatic ring is 1. The zero-order valence-corrected chi connectivity index (χ0v) is 11.9. The maximum Gasteiger partial charge on any atom is 0.340 e. The number of nitrogens with zero attached hydrogens (tertiary/aromatic N) is 2. The van der Waals surface area contributed by atoms with Gasteiger partial charge in [-0.3, -0.25) is 4.98 Å². The Labute approximate surface area is 115 Å². The molecular weight excluding hydrogens is 262 g/mol. The summed E-state index contributed by atoms with van der Waals surface area (Å²) in [6.07, 6.45) is 1.51. The molecule has 2 aromatic heterocycles. The minimum atomic E-state index is -0.428. The summed E-state index contributed by atoms with van der Waals surface area (Å²) in [6.45, 7) is 5.84. The topological polar surface area (TPSA) is 78.1 Å². The molecule has 0 bridgehead atoms. The van der Waals surface area contributed by atoms with Gasteiger partial charge in [0.1, 0.15) is 11.6 Å². The number of rotatable bonds is 3. The molecule has 0 aliphatic heterocycles. The average Bonchev–Trinajstić information content (AvgIpc) is 2.69. The Morgan fingerprint density at radius 3 is 2.74 bits per heavy atom. The van der Waals surface area contributed by atoms with E-state index in [9.17, 15) is 4.79 Å². The van der Waals surface area contributed by atoms with Crippen molar-refractivity contribution in [3.05, 3.63) is 39.1 Å². The standard InChI is InChI=1S/C13H15N3O2S/c1-7-9(3)19-12(16-7)6-18-13(17)11-4-10(14)5-15-8(11)2/h4-5H,6,14H2,1-3H3. The van der Waals surface area contributed by atoms with Crippen LogP contribution in [0.1, 0.15) is 31.6 Å². The molecule has 0 atom stereocenters. The predicted molar refractivity (Wildman–Crippen MR) is 74.1 cm³/mol. The number of thiazole rings is 1. The average molecular weight is 277 g/mol. The zero-order chi connectivity index (χ0) is 14.0. The van der Waals surface area contributed by atoms with Gasteiger partial charge in [0.25, 0.3) is 0 Å². The van der Waals surface area contributed by atoms with Crippen LogP contribution in [0.5, 0.6) is 0 Å². The summed E-state index contributed by atoms with van der Waals surface area (Å²) in [5, 5.41) is 0.790. The molecular formula is C13H15N3O2S. The molecule has 2 aromatic rings. The second-order valence-electron chi connectivity index (χ2n) is 4.23. The Balaban J connectivity index is 2.07. The maximum atomic E-state index is 11.9. The van der Waals surface area contributed by atoms with E-state index in [-0.39, 0.29) is 6.61 Å². The van der Waals surface area contributed by atoms with E-state index in [1.54, 1.807) is 13.0 Å². The maximum absolute atomic E-state index is 11.9. The fraction of sp³-hybridized carbons (Fsp3) is 0.308. The van der Waals surface area contributed by atoms with Crippen LogP contribution in [0.15, 0.2) is 12.3 Å². The Kier molecular flexibility index (Phi) is 3.80. The van der Waals surface area contributed by atoms with Crippen LogP contribution in [0, 0.1) is 20.8 Å². The number of hydrogen-bond acceptors (Lipinski definition) is 6. The molecule has 5 nitrogen and oxygen atoms in total. The first-order valence-electron chi connectivity index (χ1n) is 5.79. The summed E-state index contributed by atoms with van der Waals surface area (Å²) in [6, 6.07) is 1.57. The van der Waals surface area contributed by atoms with Crippen LogP contribution in [-0.4, -0.2) is 15.9 Å². The lowest BCUT2D eigenvalue weighted by atomic mass is 10.2.